The molecule has 0 aromatic heterocycles. The summed E-state index contributed by atoms with van der Waals surface area (Å²) in [6.07, 6.45) is 5.12. The molecule has 2 aliphatic rings. The van der Waals surface area contributed by atoms with Crippen LogP contribution in [0.15, 0.2) is 23.4 Å². The number of oxime groups is 1. The number of fused-ring (bicyclic) bond motifs is 1. The van der Waals surface area contributed by atoms with Gasteiger partial charge in [0.05, 0.1) is 6.10 Å². The van der Waals surface area contributed by atoms with Crippen molar-refractivity contribution >= 4 is 5.71 Å². The third-order valence-corrected chi connectivity index (χ3v) is 3.94. The molecule has 1 aliphatic carbocycles. The average molecular weight is 261 g/mol. The van der Waals surface area contributed by atoms with Crippen molar-refractivity contribution in [2.45, 2.75) is 38.7 Å². The van der Waals surface area contributed by atoms with E-state index in [4.69, 9.17) is 14.7 Å². The highest BCUT2D eigenvalue weighted by atomic mass is 16.5. The van der Waals surface area contributed by atoms with Gasteiger partial charge in [0.2, 0.25) is 0 Å². The third kappa shape index (κ3) is 2.53. The van der Waals surface area contributed by atoms with E-state index in [1.165, 1.54) is 12.8 Å². The predicted octanol–water partition coefficient (Wildman–Crippen LogP) is 3.21. The first-order valence-electron chi connectivity index (χ1n) is 6.91. The van der Waals surface area contributed by atoms with E-state index in [1.807, 2.05) is 18.2 Å². The normalized spacial score (nSPS) is 27.9. The summed E-state index contributed by atoms with van der Waals surface area (Å²) in [7, 11) is 0. The Morgan fingerprint density at radius 2 is 2.26 bits per heavy atom. The molecule has 1 aliphatic heterocycles. The molecule has 2 unspecified atom stereocenters. The first-order chi connectivity index (χ1) is 9.26. The lowest BCUT2D eigenvalue weighted by Crippen LogP contribution is -2.24. The van der Waals surface area contributed by atoms with Crippen LogP contribution in [0, 0.1) is 5.92 Å². The second-order valence-electron chi connectivity index (χ2n) is 5.50. The second kappa shape index (κ2) is 5.11. The standard InChI is InChI=1S/C15H19NO3/c1-10-3-2-4-11(7-10)19-12-5-6-13-14(16-17)9-18-15(13)8-12/h5-6,8,10-11,17H,2-4,7,9H2,1H3. The van der Waals surface area contributed by atoms with Crippen LogP contribution in [0.3, 0.4) is 0 Å². The van der Waals surface area contributed by atoms with Crippen LogP contribution in [0.2, 0.25) is 0 Å². The molecule has 4 heteroatoms. The number of benzene rings is 1. The largest absolute Gasteiger partial charge is 0.490 e. The van der Waals surface area contributed by atoms with E-state index in [0.717, 1.165) is 35.8 Å². The van der Waals surface area contributed by atoms with Crippen molar-refractivity contribution in [2.75, 3.05) is 6.61 Å². The Morgan fingerprint density at radius 3 is 3.05 bits per heavy atom. The van der Waals surface area contributed by atoms with Crippen LogP contribution in [-0.4, -0.2) is 23.6 Å². The number of hydrogen-bond acceptors (Lipinski definition) is 4. The van der Waals surface area contributed by atoms with Crippen molar-refractivity contribution in [1.82, 2.24) is 0 Å². The van der Waals surface area contributed by atoms with Crippen molar-refractivity contribution < 1.29 is 14.7 Å². The van der Waals surface area contributed by atoms with E-state index in [-0.39, 0.29) is 0 Å². The average Bonchev–Trinajstić information content (AvgIpc) is 2.81. The van der Waals surface area contributed by atoms with Crippen LogP contribution >= 0.6 is 0 Å². The summed E-state index contributed by atoms with van der Waals surface area (Å²) in [5, 5.41) is 12.1. The first kappa shape index (κ1) is 12.3. The topological polar surface area (TPSA) is 51.0 Å². The van der Waals surface area contributed by atoms with Crippen molar-refractivity contribution in [3.8, 4) is 11.5 Å². The first-order valence-corrected chi connectivity index (χ1v) is 6.91. The van der Waals surface area contributed by atoms with Gasteiger partial charge in [0, 0.05) is 11.6 Å². The lowest BCUT2D eigenvalue weighted by Gasteiger charge is -2.27. The van der Waals surface area contributed by atoms with E-state index >= 15 is 0 Å². The maximum Gasteiger partial charge on any atom is 0.134 e. The number of rotatable bonds is 2. The quantitative estimate of drug-likeness (QED) is 0.657. The smallest absolute Gasteiger partial charge is 0.134 e. The van der Waals surface area contributed by atoms with Crippen LogP contribution in [0.4, 0.5) is 0 Å². The van der Waals surface area contributed by atoms with Gasteiger partial charge in [-0.2, -0.15) is 0 Å². The Hall–Kier alpha value is -1.71. The zero-order valence-electron chi connectivity index (χ0n) is 11.1. The maximum absolute atomic E-state index is 8.85. The summed E-state index contributed by atoms with van der Waals surface area (Å²) in [6.45, 7) is 2.61. The molecule has 1 fully saturated rings. The molecule has 1 N–H and O–H groups in total. The number of ether oxygens (including phenoxy) is 2. The molecule has 1 aromatic rings. The van der Waals surface area contributed by atoms with Gasteiger partial charge < -0.3 is 14.7 Å². The molecule has 0 saturated heterocycles. The van der Waals surface area contributed by atoms with Crippen molar-refractivity contribution in [1.29, 1.82) is 0 Å². The fraction of sp³-hybridized carbons (Fsp3) is 0.533. The molecule has 1 saturated carbocycles. The molecular formula is C15H19NO3. The van der Waals surface area contributed by atoms with Crippen LogP contribution in [-0.2, 0) is 0 Å². The lowest BCUT2D eigenvalue weighted by molar-refractivity contribution is 0.129. The van der Waals surface area contributed by atoms with E-state index in [1.54, 1.807) is 0 Å². The van der Waals surface area contributed by atoms with Gasteiger partial charge in [-0.3, -0.25) is 0 Å². The Balaban J connectivity index is 1.73. The minimum atomic E-state index is 0.314. The molecule has 19 heavy (non-hydrogen) atoms. The molecule has 0 amide bonds. The molecule has 4 nitrogen and oxygen atoms in total. The Labute approximate surface area is 113 Å². The minimum Gasteiger partial charge on any atom is -0.490 e. The lowest BCUT2D eigenvalue weighted by atomic mass is 9.89. The third-order valence-electron chi connectivity index (χ3n) is 3.94. The van der Waals surface area contributed by atoms with Gasteiger partial charge >= 0.3 is 0 Å². The van der Waals surface area contributed by atoms with Gasteiger partial charge in [0.1, 0.15) is 23.8 Å². The monoisotopic (exact) mass is 261 g/mol. The Kier molecular flexibility index (Phi) is 3.32. The molecule has 2 atom stereocenters. The van der Waals surface area contributed by atoms with Crippen molar-refractivity contribution in [3.63, 3.8) is 0 Å². The SMILES string of the molecule is CC1CCCC(Oc2ccc3c(c2)OCC3=NO)C1. The van der Waals surface area contributed by atoms with Gasteiger partial charge in [-0.05, 0) is 37.3 Å². The van der Waals surface area contributed by atoms with E-state index in [9.17, 15) is 0 Å². The highest BCUT2D eigenvalue weighted by Gasteiger charge is 2.23. The summed E-state index contributed by atoms with van der Waals surface area (Å²) in [6, 6.07) is 5.73. The molecular weight excluding hydrogens is 242 g/mol. The van der Waals surface area contributed by atoms with Crippen LogP contribution in [0.25, 0.3) is 0 Å². The summed E-state index contributed by atoms with van der Waals surface area (Å²) in [4.78, 5) is 0. The van der Waals surface area contributed by atoms with Gasteiger partial charge in [-0.25, -0.2) is 0 Å². The van der Waals surface area contributed by atoms with Crippen LogP contribution < -0.4 is 9.47 Å². The second-order valence-corrected chi connectivity index (χ2v) is 5.50. The summed E-state index contributed by atoms with van der Waals surface area (Å²) >= 11 is 0. The Morgan fingerprint density at radius 1 is 1.37 bits per heavy atom. The highest BCUT2D eigenvalue weighted by Crippen LogP contribution is 2.32. The minimum absolute atomic E-state index is 0.314. The zero-order valence-corrected chi connectivity index (χ0v) is 11.1. The van der Waals surface area contributed by atoms with Crippen LogP contribution in [0.1, 0.15) is 38.2 Å². The van der Waals surface area contributed by atoms with Gasteiger partial charge in [0.25, 0.3) is 0 Å². The van der Waals surface area contributed by atoms with Crippen molar-refractivity contribution in [3.05, 3.63) is 23.8 Å². The zero-order chi connectivity index (χ0) is 13.2. The van der Waals surface area contributed by atoms with Gasteiger partial charge in [0.15, 0.2) is 0 Å². The maximum atomic E-state index is 8.85. The van der Waals surface area contributed by atoms with E-state index in [2.05, 4.69) is 12.1 Å². The molecule has 102 valence electrons. The number of hydrogen-bond donors (Lipinski definition) is 1. The predicted molar refractivity (Wildman–Crippen MR) is 72.3 cm³/mol. The fourth-order valence-corrected chi connectivity index (χ4v) is 2.92. The fourth-order valence-electron chi connectivity index (χ4n) is 2.92. The molecule has 1 aromatic carbocycles. The van der Waals surface area contributed by atoms with Crippen LogP contribution in [0.5, 0.6) is 11.5 Å². The number of nitrogens with zero attached hydrogens (tertiary/aromatic N) is 1. The molecule has 0 radical (unpaired) electrons. The summed E-state index contributed by atoms with van der Waals surface area (Å²) in [5.74, 6) is 2.34. The van der Waals surface area contributed by atoms with Gasteiger partial charge in [-0.15, -0.1) is 0 Å². The van der Waals surface area contributed by atoms with E-state index < -0.39 is 0 Å². The van der Waals surface area contributed by atoms with E-state index in [0.29, 0.717) is 18.4 Å². The summed E-state index contributed by atoms with van der Waals surface area (Å²) < 4.78 is 11.5. The highest BCUT2D eigenvalue weighted by molar-refractivity contribution is 6.05. The molecule has 1 heterocycles. The molecule has 0 bridgehead atoms. The molecule has 0 spiro atoms. The Bertz CT molecular complexity index is 498. The summed E-state index contributed by atoms with van der Waals surface area (Å²) in [5.41, 5.74) is 1.43. The molecule has 3 rings (SSSR count). The van der Waals surface area contributed by atoms with Gasteiger partial charge in [-0.1, -0.05) is 18.5 Å². The van der Waals surface area contributed by atoms with Crippen molar-refractivity contribution in [2.24, 2.45) is 11.1 Å².